The molecule has 0 fully saturated rings. The molecule has 3 amide bonds. The number of rotatable bonds is 4. The summed E-state index contributed by atoms with van der Waals surface area (Å²) < 4.78 is 22.4. The van der Waals surface area contributed by atoms with Crippen LogP contribution >= 0.6 is 0 Å². The van der Waals surface area contributed by atoms with Crippen LogP contribution in [0.3, 0.4) is 0 Å². The van der Waals surface area contributed by atoms with Crippen molar-refractivity contribution in [3.8, 4) is 0 Å². The van der Waals surface area contributed by atoms with Crippen molar-refractivity contribution in [2.24, 2.45) is 5.14 Å². The molecule has 3 N–H and O–H groups in total. The van der Waals surface area contributed by atoms with Crippen molar-refractivity contribution >= 4 is 22.0 Å². The van der Waals surface area contributed by atoms with Gasteiger partial charge in [-0.05, 0) is 42.7 Å². The van der Waals surface area contributed by atoms with Gasteiger partial charge in [-0.1, -0.05) is 29.8 Å². The minimum atomic E-state index is -3.71. The molecule has 2 aromatic carbocycles. The summed E-state index contributed by atoms with van der Waals surface area (Å²) in [6.07, 6.45) is 0.505. The van der Waals surface area contributed by atoms with Crippen LogP contribution in [0.5, 0.6) is 0 Å². The number of amides is 3. The van der Waals surface area contributed by atoms with E-state index in [2.05, 4.69) is 5.32 Å². The standard InChI is InChI=1S/C18H19N3O4S/c1-12-2-5-14-11-21(17(22)16(14)10-12)18(23)20-9-8-13-3-6-15(7-4-13)26(19,24)25/h2-7,10H,8-9,11H2,1H3,(H,20,23)(H2,19,24,25). The lowest BCUT2D eigenvalue weighted by Crippen LogP contribution is -2.40. The topological polar surface area (TPSA) is 110 Å². The van der Waals surface area contributed by atoms with Crippen molar-refractivity contribution in [1.29, 1.82) is 0 Å². The van der Waals surface area contributed by atoms with Crippen molar-refractivity contribution in [2.45, 2.75) is 24.8 Å². The molecule has 26 heavy (non-hydrogen) atoms. The summed E-state index contributed by atoms with van der Waals surface area (Å²) in [5, 5.41) is 7.77. The highest BCUT2D eigenvalue weighted by Gasteiger charge is 2.31. The number of primary sulfonamides is 1. The van der Waals surface area contributed by atoms with Gasteiger partial charge >= 0.3 is 6.03 Å². The predicted octanol–water partition coefficient (Wildman–Crippen LogP) is 1.55. The van der Waals surface area contributed by atoms with Crippen molar-refractivity contribution in [3.63, 3.8) is 0 Å². The first-order valence-corrected chi connectivity index (χ1v) is 9.61. The smallest absolute Gasteiger partial charge is 0.324 e. The van der Waals surface area contributed by atoms with Gasteiger partial charge in [-0.25, -0.2) is 18.4 Å². The first-order valence-electron chi connectivity index (χ1n) is 8.06. The fourth-order valence-corrected chi connectivity index (χ4v) is 3.35. The normalized spacial score (nSPS) is 13.6. The molecule has 2 aromatic rings. The molecule has 1 aliphatic rings. The zero-order valence-electron chi connectivity index (χ0n) is 14.2. The highest BCUT2D eigenvalue weighted by atomic mass is 32.2. The number of benzene rings is 2. The lowest BCUT2D eigenvalue weighted by Gasteiger charge is -2.14. The number of aryl methyl sites for hydroxylation is 1. The summed E-state index contributed by atoms with van der Waals surface area (Å²) in [5.74, 6) is -0.293. The third-order valence-electron chi connectivity index (χ3n) is 4.26. The van der Waals surface area contributed by atoms with E-state index in [0.29, 0.717) is 18.5 Å². The van der Waals surface area contributed by atoms with E-state index in [-0.39, 0.29) is 17.3 Å². The number of nitrogens with two attached hydrogens (primary N) is 1. The Morgan fingerprint density at radius 2 is 1.88 bits per heavy atom. The van der Waals surface area contributed by atoms with Crippen LogP contribution in [0, 0.1) is 6.92 Å². The molecule has 0 saturated carbocycles. The lowest BCUT2D eigenvalue weighted by atomic mass is 10.1. The third-order valence-corrected chi connectivity index (χ3v) is 5.19. The van der Waals surface area contributed by atoms with Crippen LogP contribution in [0.1, 0.15) is 27.0 Å². The van der Waals surface area contributed by atoms with E-state index in [4.69, 9.17) is 5.14 Å². The Morgan fingerprint density at radius 1 is 1.19 bits per heavy atom. The maximum absolute atomic E-state index is 12.4. The van der Waals surface area contributed by atoms with Gasteiger partial charge in [0.25, 0.3) is 5.91 Å². The largest absolute Gasteiger partial charge is 0.337 e. The first kappa shape index (κ1) is 18.1. The highest BCUT2D eigenvalue weighted by molar-refractivity contribution is 7.89. The average Bonchev–Trinajstić information content (AvgIpc) is 2.91. The Kier molecular flexibility index (Phi) is 4.80. The molecule has 8 heteroatoms. The van der Waals surface area contributed by atoms with Crippen molar-refractivity contribution in [2.75, 3.05) is 6.54 Å². The van der Waals surface area contributed by atoms with E-state index >= 15 is 0 Å². The Labute approximate surface area is 151 Å². The minimum absolute atomic E-state index is 0.0426. The number of carbonyl (C=O) groups excluding carboxylic acids is 2. The van der Waals surface area contributed by atoms with Gasteiger partial charge in [0.1, 0.15) is 0 Å². The van der Waals surface area contributed by atoms with Crippen LogP contribution in [0.2, 0.25) is 0 Å². The monoisotopic (exact) mass is 373 g/mol. The molecule has 0 aromatic heterocycles. The molecule has 0 spiro atoms. The van der Waals surface area contributed by atoms with Crippen molar-refractivity contribution in [1.82, 2.24) is 10.2 Å². The van der Waals surface area contributed by atoms with Crippen LogP contribution in [0.15, 0.2) is 47.4 Å². The minimum Gasteiger partial charge on any atom is -0.337 e. The SMILES string of the molecule is Cc1ccc2c(c1)C(=O)N(C(=O)NCCc1ccc(S(N)(=O)=O)cc1)C2. The van der Waals surface area contributed by atoms with Gasteiger partial charge in [0.2, 0.25) is 10.0 Å². The predicted molar refractivity (Wildman–Crippen MR) is 96.0 cm³/mol. The molecule has 1 heterocycles. The lowest BCUT2D eigenvalue weighted by molar-refractivity contribution is 0.0821. The van der Waals surface area contributed by atoms with Crippen LogP contribution in [-0.4, -0.2) is 31.8 Å². The second-order valence-electron chi connectivity index (χ2n) is 6.22. The Balaban J connectivity index is 1.56. The van der Waals surface area contributed by atoms with E-state index in [0.717, 1.165) is 16.7 Å². The fraction of sp³-hybridized carbons (Fsp3) is 0.222. The van der Waals surface area contributed by atoms with E-state index in [1.165, 1.54) is 17.0 Å². The molecule has 0 bridgehead atoms. The fourth-order valence-electron chi connectivity index (χ4n) is 2.83. The zero-order chi connectivity index (χ0) is 18.9. The first-order chi connectivity index (χ1) is 12.3. The van der Waals surface area contributed by atoms with Crippen molar-refractivity contribution < 1.29 is 18.0 Å². The second-order valence-corrected chi connectivity index (χ2v) is 7.78. The third kappa shape index (κ3) is 3.76. The van der Waals surface area contributed by atoms with Gasteiger partial charge in [0.15, 0.2) is 0 Å². The van der Waals surface area contributed by atoms with Gasteiger partial charge in [0, 0.05) is 12.1 Å². The van der Waals surface area contributed by atoms with Crippen LogP contribution in [0.25, 0.3) is 0 Å². The number of nitrogens with zero attached hydrogens (tertiary/aromatic N) is 1. The summed E-state index contributed by atoms with van der Waals surface area (Å²) >= 11 is 0. The molecule has 3 rings (SSSR count). The molecule has 1 aliphatic heterocycles. The summed E-state index contributed by atoms with van der Waals surface area (Å²) in [6, 6.07) is 11.3. The maximum Gasteiger partial charge on any atom is 0.324 e. The molecule has 0 atom stereocenters. The van der Waals surface area contributed by atoms with Crippen LogP contribution in [-0.2, 0) is 23.0 Å². The zero-order valence-corrected chi connectivity index (χ0v) is 15.0. The number of nitrogens with one attached hydrogen (secondary N) is 1. The summed E-state index contributed by atoms with van der Waals surface area (Å²) in [5.41, 5.74) is 3.24. The van der Waals surface area contributed by atoms with Gasteiger partial charge in [-0.3, -0.25) is 9.69 Å². The number of carbonyl (C=O) groups is 2. The molecule has 136 valence electrons. The Hall–Kier alpha value is -2.71. The number of hydrogen-bond acceptors (Lipinski definition) is 4. The molecule has 0 radical (unpaired) electrons. The Bertz CT molecular complexity index is 968. The number of urea groups is 1. The molecule has 0 aliphatic carbocycles. The average molecular weight is 373 g/mol. The number of sulfonamides is 1. The summed E-state index contributed by atoms with van der Waals surface area (Å²) in [7, 11) is -3.71. The molecule has 7 nitrogen and oxygen atoms in total. The number of hydrogen-bond donors (Lipinski definition) is 2. The Morgan fingerprint density at radius 3 is 2.54 bits per heavy atom. The van der Waals surface area contributed by atoms with E-state index in [1.807, 2.05) is 19.1 Å². The van der Waals surface area contributed by atoms with Gasteiger partial charge in [0.05, 0.1) is 11.4 Å². The second kappa shape index (κ2) is 6.89. The molecular formula is C18H19N3O4S. The number of fused-ring (bicyclic) bond motifs is 1. The van der Waals surface area contributed by atoms with Crippen LogP contribution < -0.4 is 10.5 Å². The number of imide groups is 1. The maximum atomic E-state index is 12.4. The van der Waals surface area contributed by atoms with Gasteiger partial charge < -0.3 is 5.32 Å². The van der Waals surface area contributed by atoms with E-state index < -0.39 is 16.1 Å². The van der Waals surface area contributed by atoms with E-state index in [1.54, 1.807) is 18.2 Å². The molecule has 0 saturated heterocycles. The highest BCUT2D eigenvalue weighted by Crippen LogP contribution is 2.23. The molecular weight excluding hydrogens is 354 g/mol. The quantitative estimate of drug-likeness (QED) is 0.847. The summed E-state index contributed by atoms with van der Waals surface area (Å²) in [6.45, 7) is 2.49. The van der Waals surface area contributed by atoms with E-state index in [9.17, 15) is 18.0 Å². The van der Waals surface area contributed by atoms with Gasteiger partial charge in [-0.15, -0.1) is 0 Å². The van der Waals surface area contributed by atoms with Crippen LogP contribution in [0.4, 0.5) is 4.79 Å². The van der Waals surface area contributed by atoms with Crippen molar-refractivity contribution in [3.05, 3.63) is 64.7 Å². The molecule has 0 unspecified atom stereocenters. The summed E-state index contributed by atoms with van der Waals surface area (Å²) in [4.78, 5) is 25.9. The van der Waals surface area contributed by atoms with Gasteiger partial charge in [-0.2, -0.15) is 0 Å².